The van der Waals surface area contributed by atoms with E-state index in [2.05, 4.69) is 0 Å². The van der Waals surface area contributed by atoms with Crippen molar-refractivity contribution in [3.8, 4) is 0 Å². The van der Waals surface area contributed by atoms with Gasteiger partial charge in [0.05, 0.1) is 25.0 Å². The zero-order valence-corrected chi connectivity index (χ0v) is 13.6. The summed E-state index contributed by atoms with van der Waals surface area (Å²) in [4.78, 5) is 25.9. The molecule has 0 fully saturated rings. The molecular formula is C15H29NO4. The van der Waals surface area contributed by atoms with Crippen molar-refractivity contribution in [1.82, 2.24) is 4.90 Å². The molecule has 118 valence electrons. The first kappa shape index (κ1) is 18.9. The number of carbonyl (C=O) groups is 2. The van der Waals surface area contributed by atoms with Gasteiger partial charge in [-0.2, -0.15) is 0 Å². The summed E-state index contributed by atoms with van der Waals surface area (Å²) in [5.74, 6) is -1.28. The second-order valence-corrected chi connectivity index (χ2v) is 5.37. The molecule has 0 aromatic carbocycles. The molecule has 5 nitrogen and oxygen atoms in total. The van der Waals surface area contributed by atoms with E-state index in [9.17, 15) is 9.59 Å². The third kappa shape index (κ3) is 5.90. The molecule has 0 aliphatic heterocycles. The maximum absolute atomic E-state index is 12.0. The summed E-state index contributed by atoms with van der Waals surface area (Å²) < 4.78 is 10.4. The van der Waals surface area contributed by atoms with Crippen molar-refractivity contribution in [3.05, 3.63) is 0 Å². The number of nitrogens with zero attached hydrogens (tertiary/aromatic N) is 1. The highest BCUT2D eigenvalue weighted by atomic mass is 16.5. The predicted molar refractivity (Wildman–Crippen MR) is 78.3 cm³/mol. The molecule has 0 bridgehead atoms. The van der Waals surface area contributed by atoms with Crippen molar-refractivity contribution >= 4 is 11.9 Å². The van der Waals surface area contributed by atoms with Gasteiger partial charge in [0, 0.05) is 6.04 Å². The molecule has 0 rings (SSSR count). The molecule has 0 heterocycles. The molecule has 0 aliphatic rings. The van der Waals surface area contributed by atoms with Crippen molar-refractivity contribution in [1.29, 1.82) is 0 Å². The number of hydrogen-bond acceptors (Lipinski definition) is 5. The topological polar surface area (TPSA) is 55.8 Å². The lowest BCUT2D eigenvalue weighted by Gasteiger charge is -2.32. The molecule has 0 radical (unpaired) electrons. The number of hydrogen-bond donors (Lipinski definition) is 0. The summed E-state index contributed by atoms with van der Waals surface area (Å²) in [7, 11) is 3.72. The predicted octanol–water partition coefficient (Wildman–Crippen LogP) is 2.10. The van der Waals surface area contributed by atoms with E-state index in [1.165, 1.54) is 0 Å². The maximum Gasteiger partial charge on any atom is 0.310 e. The molecule has 5 heteroatoms. The van der Waals surface area contributed by atoms with Crippen LogP contribution in [0.25, 0.3) is 0 Å². The van der Waals surface area contributed by atoms with Gasteiger partial charge in [-0.3, -0.25) is 9.59 Å². The zero-order chi connectivity index (χ0) is 15.7. The largest absolute Gasteiger partial charge is 0.465 e. The molecule has 0 amide bonds. The third-order valence-corrected chi connectivity index (χ3v) is 3.26. The Morgan fingerprint density at radius 1 is 0.900 bits per heavy atom. The van der Waals surface area contributed by atoms with E-state index in [1.54, 1.807) is 13.8 Å². The molecule has 20 heavy (non-hydrogen) atoms. The molecule has 0 spiro atoms. The van der Waals surface area contributed by atoms with Gasteiger partial charge in [0.2, 0.25) is 0 Å². The van der Waals surface area contributed by atoms with Gasteiger partial charge in [0.15, 0.2) is 0 Å². The molecule has 2 atom stereocenters. The van der Waals surface area contributed by atoms with Gasteiger partial charge in [0.25, 0.3) is 0 Å². The molecule has 0 aromatic rings. The lowest BCUT2D eigenvalue weighted by molar-refractivity contribution is -0.156. The highest BCUT2D eigenvalue weighted by molar-refractivity contribution is 5.77. The molecule has 0 aromatic heterocycles. The minimum Gasteiger partial charge on any atom is -0.465 e. The third-order valence-electron chi connectivity index (χ3n) is 3.26. The van der Waals surface area contributed by atoms with E-state index >= 15 is 0 Å². The van der Waals surface area contributed by atoms with Gasteiger partial charge >= 0.3 is 11.9 Å². The molecular weight excluding hydrogens is 258 g/mol. The SMILES string of the molecule is CCCOC(=O)C(C)C(C(C)C(=O)OCCC)N(C)C. The zero-order valence-electron chi connectivity index (χ0n) is 13.6. The highest BCUT2D eigenvalue weighted by Crippen LogP contribution is 2.20. The Balaban J connectivity index is 4.77. The van der Waals surface area contributed by atoms with Crippen molar-refractivity contribution in [2.45, 2.75) is 46.6 Å². The minimum atomic E-state index is -0.374. The Bertz CT molecular complexity index is 278. The van der Waals surface area contributed by atoms with Crippen LogP contribution in [0, 0.1) is 11.8 Å². The quantitative estimate of drug-likeness (QED) is 0.608. The van der Waals surface area contributed by atoms with Crippen molar-refractivity contribution in [3.63, 3.8) is 0 Å². The first-order chi connectivity index (χ1) is 9.36. The van der Waals surface area contributed by atoms with Gasteiger partial charge in [-0.1, -0.05) is 27.7 Å². The normalized spacial score (nSPS) is 15.6. The van der Waals surface area contributed by atoms with Crippen molar-refractivity contribution < 1.29 is 19.1 Å². The monoisotopic (exact) mass is 287 g/mol. The Hall–Kier alpha value is -1.10. The van der Waals surface area contributed by atoms with Crippen LogP contribution in [0.15, 0.2) is 0 Å². The summed E-state index contributed by atoms with van der Waals surface area (Å²) in [6.07, 6.45) is 1.58. The lowest BCUT2D eigenvalue weighted by atomic mass is 9.89. The van der Waals surface area contributed by atoms with E-state index in [-0.39, 0.29) is 29.8 Å². The van der Waals surface area contributed by atoms with Gasteiger partial charge in [-0.05, 0) is 26.9 Å². The maximum atomic E-state index is 12.0. The Kier molecular flexibility index (Phi) is 9.21. The minimum absolute atomic E-state index is 0.233. The van der Waals surface area contributed by atoms with E-state index in [4.69, 9.17) is 9.47 Å². The van der Waals surface area contributed by atoms with Crippen LogP contribution in [-0.4, -0.2) is 50.2 Å². The number of carbonyl (C=O) groups excluding carboxylic acids is 2. The van der Waals surface area contributed by atoms with Gasteiger partial charge in [-0.25, -0.2) is 0 Å². The average molecular weight is 287 g/mol. The number of esters is 2. The molecule has 0 saturated heterocycles. The smallest absolute Gasteiger partial charge is 0.310 e. The fourth-order valence-electron chi connectivity index (χ4n) is 2.27. The van der Waals surface area contributed by atoms with Crippen molar-refractivity contribution in [2.24, 2.45) is 11.8 Å². The van der Waals surface area contributed by atoms with Crippen LogP contribution in [0.2, 0.25) is 0 Å². The summed E-state index contributed by atoms with van der Waals surface area (Å²) >= 11 is 0. The van der Waals surface area contributed by atoms with E-state index < -0.39 is 0 Å². The summed E-state index contributed by atoms with van der Waals surface area (Å²) in [5, 5.41) is 0. The molecule has 2 unspecified atom stereocenters. The van der Waals surface area contributed by atoms with Crippen LogP contribution in [-0.2, 0) is 19.1 Å². The van der Waals surface area contributed by atoms with Crippen molar-refractivity contribution in [2.75, 3.05) is 27.3 Å². The van der Waals surface area contributed by atoms with Crippen LogP contribution in [0.4, 0.5) is 0 Å². The molecule has 0 aliphatic carbocycles. The second-order valence-electron chi connectivity index (χ2n) is 5.37. The fourth-order valence-corrected chi connectivity index (χ4v) is 2.27. The average Bonchev–Trinajstić information content (AvgIpc) is 2.41. The van der Waals surface area contributed by atoms with Crippen LogP contribution >= 0.6 is 0 Å². The first-order valence-electron chi connectivity index (χ1n) is 7.36. The van der Waals surface area contributed by atoms with E-state index in [1.807, 2.05) is 32.8 Å². The number of ether oxygens (including phenoxy) is 2. The van der Waals surface area contributed by atoms with E-state index in [0.717, 1.165) is 12.8 Å². The number of rotatable bonds is 9. The Morgan fingerprint density at radius 2 is 1.25 bits per heavy atom. The molecule has 0 saturated carbocycles. The Morgan fingerprint density at radius 3 is 1.50 bits per heavy atom. The fraction of sp³-hybridized carbons (Fsp3) is 0.867. The van der Waals surface area contributed by atoms with Crippen LogP contribution in [0.5, 0.6) is 0 Å². The van der Waals surface area contributed by atoms with Gasteiger partial charge in [0.1, 0.15) is 0 Å². The second kappa shape index (κ2) is 9.75. The van der Waals surface area contributed by atoms with Crippen LogP contribution in [0.3, 0.4) is 0 Å². The highest BCUT2D eigenvalue weighted by Gasteiger charge is 2.35. The van der Waals surface area contributed by atoms with E-state index in [0.29, 0.717) is 13.2 Å². The first-order valence-corrected chi connectivity index (χ1v) is 7.36. The standard InChI is InChI=1S/C15H29NO4/c1-7-9-19-14(17)11(3)13(16(5)6)12(4)15(18)20-10-8-2/h11-13H,7-10H2,1-6H3. The van der Waals surface area contributed by atoms with Gasteiger partial charge in [-0.15, -0.1) is 0 Å². The molecule has 0 N–H and O–H groups in total. The van der Waals surface area contributed by atoms with Crippen LogP contribution < -0.4 is 0 Å². The van der Waals surface area contributed by atoms with Gasteiger partial charge < -0.3 is 14.4 Å². The van der Waals surface area contributed by atoms with Crippen LogP contribution in [0.1, 0.15) is 40.5 Å². The summed E-state index contributed by atoms with van der Waals surface area (Å²) in [6.45, 7) is 8.33. The Labute approximate surface area is 122 Å². The lowest BCUT2D eigenvalue weighted by Crippen LogP contribution is -2.46. The summed E-state index contributed by atoms with van der Waals surface area (Å²) in [6, 6.07) is -0.233. The summed E-state index contributed by atoms with van der Waals surface area (Å²) in [5.41, 5.74) is 0.